The second kappa shape index (κ2) is 4.29. The Morgan fingerprint density at radius 2 is 2.18 bits per heavy atom. The lowest BCUT2D eigenvalue weighted by Gasteiger charge is -2.22. The van der Waals surface area contributed by atoms with Crippen molar-refractivity contribution >= 4 is 0 Å². The largest absolute Gasteiger partial charge is 0.388 e. The van der Waals surface area contributed by atoms with Gasteiger partial charge in [-0.15, -0.1) is 5.26 Å². The molecule has 1 aliphatic rings. The molecule has 4 heteroatoms. The predicted molar refractivity (Wildman–Crippen MR) is 40.7 cm³/mol. The van der Waals surface area contributed by atoms with Gasteiger partial charge in [-0.25, -0.2) is 0 Å². The van der Waals surface area contributed by atoms with E-state index in [4.69, 9.17) is 10.00 Å². The van der Waals surface area contributed by atoms with Crippen molar-refractivity contribution in [1.29, 1.82) is 5.26 Å². The molecular formula is C7H13N3O+. The van der Waals surface area contributed by atoms with Gasteiger partial charge in [-0.05, 0) is 6.92 Å². The maximum Gasteiger partial charge on any atom is 0.388 e. The van der Waals surface area contributed by atoms with Crippen LogP contribution in [0.1, 0.15) is 6.92 Å². The minimum absolute atomic E-state index is 0.734. The zero-order valence-corrected chi connectivity index (χ0v) is 6.79. The number of morpholine rings is 1. The van der Waals surface area contributed by atoms with Gasteiger partial charge in [-0.3, -0.25) is 0 Å². The van der Waals surface area contributed by atoms with Gasteiger partial charge in [-0.1, -0.05) is 5.01 Å². The Hall–Kier alpha value is -0.630. The summed E-state index contributed by atoms with van der Waals surface area (Å²) < 4.78 is 5.16. The summed E-state index contributed by atoms with van der Waals surface area (Å²) in [6.07, 6.45) is 2.13. The van der Waals surface area contributed by atoms with Gasteiger partial charge in [0.15, 0.2) is 6.54 Å². The minimum atomic E-state index is 0.734. The summed E-state index contributed by atoms with van der Waals surface area (Å²) in [7, 11) is 0. The van der Waals surface area contributed by atoms with E-state index < -0.39 is 0 Å². The first-order valence-electron chi connectivity index (χ1n) is 3.88. The quantitative estimate of drug-likeness (QED) is 0.317. The fourth-order valence-corrected chi connectivity index (χ4v) is 1.13. The number of nitrogens with zero attached hydrogens (tertiary/aromatic N) is 3. The van der Waals surface area contributed by atoms with Crippen LogP contribution in [0.5, 0.6) is 0 Å². The number of rotatable bonds is 2. The summed E-state index contributed by atoms with van der Waals surface area (Å²) in [4.78, 5) is 0. The molecule has 11 heavy (non-hydrogen) atoms. The molecule has 0 unspecified atom stereocenters. The van der Waals surface area contributed by atoms with Crippen molar-refractivity contribution < 1.29 is 4.74 Å². The van der Waals surface area contributed by atoms with Crippen molar-refractivity contribution in [3.63, 3.8) is 0 Å². The van der Waals surface area contributed by atoms with E-state index in [2.05, 4.69) is 6.19 Å². The first-order valence-corrected chi connectivity index (χ1v) is 3.88. The topological polar surface area (TPSA) is 42.2 Å². The van der Waals surface area contributed by atoms with E-state index in [0.29, 0.717) is 0 Å². The lowest BCUT2D eigenvalue weighted by atomic mass is 10.5. The van der Waals surface area contributed by atoms with Crippen LogP contribution < -0.4 is 5.01 Å². The molecule has 0 N–H and O–H groups in total. The Morgan fingerprint density at radius 1 is 1.55 bits per heavy atom. The lowest BCUT2D eigenvalue weighted by molar-refractivity contribution is -0.0135. The van der Waals surface area contributed by atoms with E-state index in [0.717, 1.165) is 32.8 Å². The number of ether oxygens (including phenoxy) is 1. The molecule has 0 atom stereocenters. The van der Waals surface area contributed by atoms with Crippen LogP contribution in [-0.2, 0) is 4.74 Å². The second-order valence-corrected chi connectivity index (χ2v) is 2.38. The molecule has 0 saturated carbocycles. The summed E-state index contributed by atoms with van der Waals surface area (Å²) in [5.74, 6) is 0. The van der Waals surface area contributed by atoms with Crippen molar-refractivity contribution in [2.75, 3.05) is 32.8 Å². The summed E-state index contributed by atoms with van der Waals surface area (Å²) in [6.45, 7) is 5.86. The third kappa shape index (κ3) is 2.15. The summed E-state index contributed by atoms with van der Waals surface area (Å²) >= 11 is 0. The maximum atomic E-state index is 8.67. The SMILES string of the molecule is CC[N+](C#N)N1CCOCC1. The number of nitriles is 1. The van der Waals surface area contributed by atoms with Crippen molar-refractivity contribution in [3.8, 4) is 6.19 Å². The van der Waals surface area contributed by atoms with Gasteiger partial charge in [0.2, 0.25) is 0 Å². The highest BCUT2D eigenvalue weighted by Gasteiger charge is 2.26. The monoisotopic (exact) mass is 155 g/mol. The zero-order valence-electron chi connectivity index (χ0n) is 6.79. The van der Waals surface area contributed by atoms with Gasteiger partial charge in [0.05, 0.1) is 26.3 Å². The Labute approximate surface area is 66.9 Å². The summed E-state index contributed by atoms with van der Waals surface area (Å²) in [6, 6.07) is 0. The van der Waals surface area contributed by atoms with Gasteiger partial charge in [0.25, 0.3) is 0 Å². The molecule has 0 spiro atoms. The van der Waals surface area contributed by atoms with Crippen molar-refractivity contribution in [2.45, 2.75) is 6.92 Å². The molecule has 1 saturated heterocycles. The van der Waals surface area contributed by atoms with Gasteiger partial charge in [-0.2, -0.15) is 0 Å². The average molecular weight is 155 g/mol. The Morgan fingerprint density at radius 3 is 2.64 bits per heavy atom. The van der Waals surface area contributed by atoms with E-state index in [1.165, 1.54) is 0 Å². The minimum Gasteiger partial charge on any atom is -0.378 e. The molecule has 1 heterocycles. The van der Waals surface area contributed by atoms with Crippen LogP contribution in [0.2, 0.25) is 0 Å². The molecule has 1 rings (SSSR count). The van der Waals surface area contributed by atoms with E-state index >= 15 is 0 Å². The number of hydrogen-bond acceptors (Lipinski definition) is 4. The van der Waals surface area contributed by atoms with Crippen LogP contribution in [0.25, 0.3) is 0 Å². The Kier molecular flexibility index (Phi) is 3.30. The Balaban J connectivity index is 2.38. The van der Waals surface area contributed by atoms with E-state index in [1.807, 2.05) is 11.9 Å². The Bertz CT molecular complexity index is 148. The predicted octanol–water partition coefficient (Wildman–Crippen LogP) is -0.125. The maximum absolute atomic E-state index is 8.67. The van der Waals surface area contributed by atoms with Crippen LogP contribution >= 0.6 is 0 Å². The van der Waals surface area contributed by atoms with E-state index in [1.54, 1.807) is 5.01 Å². The average Bonchev–Trinajstić information content (AvgIpc) is 2.09. The molecule has 61 valence electrons. The molecule has 0 aromatic heterocycles. The fraction of sp³-hybridized carbons (Fsp3) is 0.857. The van der Waals surface area contributed by atoms with E-state index in [-0.39, 0.29) is 0 Å². The highest BCUT2D eigenvalue weighted by atomic mass is 16.5. The fourth-order valence-electron chi connectivity index (χ4n) is 1.13. The highest BCUT2D eigenvalue weighted by molar-refractivity contribution is 4.77. The van der Waals surface area contributed by atoms with Crippen molar-refractivity contribution in [2.24, 2.45) is 0 Å². The molecular weight excluding hydrogens is 142 g/mol. The summed E-state index contributed by atoms with van der Waals surface area (Å²) in [5.41, 5.74) is 0. The van der Waals surface area contributed by atoms with Gasteiger partial charge in [0.1, 0.15) is 0 Å². The standard InChI is InChI=1S/C7H13N3O/c1-2-9(7-8)10-3-5-11-6-4-10/h2-6H2,1H3/q+1. The van der Waals surface area contributed by atoms with Crippen molar-refractivity contribution in [1.82, 2.24) is 10.0 Å². The van der Waals surface area contributed by atoms with Gasteiger partial charge in [0, 0.05) is 5.01 Å². The third-order valence-corrected chi connectivity index (χ3v) is 1.74. The molecule has 1 aliphatic heterocycles. The molecule has 0 aromatic rings. The third-order valence-electron chi connectivity index (χ3n) is 1.74. The molecule has 1 fully saturated rings. The molecule has 0 bridgehead atoms. The highest BCUT2D eigenvalue weighted by Crippen LogP contribution is 1.97. The van der Waals surface area contributed by atoms with Gasteiger partial charge < -0.3 is 4.74 Å². The van der Waals surface area contributed by atoms with Gasteiger partial charge >= 0.3 is 6.19 Å². The smallest absolute Gasteiger partial charge is 0.378 e. The summed E-state index contributed by atoms with van der Waals surface area (Å²) in [5, 5.41) is 12.4. The van der Waals surface area contributed by atoms with Crippen LogP contribution in [-0.4, -0.2) is 37.9 Å². The second-order valence-electron chi connectivity index (χ2n) is 2.38. The van der Waals surface area contributed by atoms with Crippen LogP contribution in [0.4, 0.5) is 0 Å². The molecule has 1 radical (unpaired) electrons. The number of hydrogen-bond donors (Lipinski definition) is 0. The normalized spacial score (nSPS) is 20.1. The lowest BCUT2D eigenvalue weighted by Crippen LogP contribution is -2.49. The van der Waals surface area contributed by atoms with Crippen LogP contribution in [0, 0.1) is 11.5 Å². The van der Waals surface area contributed by atoms with Crippen LogP contribution in [0.15, 0.2) is 0 Å². The molecule has 0 amide bonds. The first-order chi connectivity index (χ1) is 5.38. The van der Waals surface area contributed by atoms with Crippen molar-refractivity contribution in [3.05, 3.63) is 0 Å². The molecule has 0 aromatic carbocycles. The first kappa shape index (κ1) is 8.47. The molecule has 0 aliphatic carbocycles. The molecule has 4 nitrogen and oxygen atoms in total. The van der Waals surface area contributed by atoms with E-state index in [9.17, 15) is 0 Å². The number of hydrazine groups is 1. The van der Waals surface area contributed by atoms with Crippen LogP contribution in [0.3, 0.4) is 0 Å². The zero-order chi connectivity index (χ0) is 8.10.